The minimum atomic E-state index is -0.0723. The Hall–Kier alpha value is -5.40. The van der Waals surface area contributed by atoms with Crippen molar-refractivity contribution < 1.29 is 9.90 Å². The van der Waals surface area contributed by atoms with Crippen molar-refractivity contribution in [3.63, 3.8) is 0 Å². The van der Waals surface area contributed by atoms with Gasteiger partial charge in [-0.2, -0.15) is 0 Å². The molecule has 0 N–H and O–H groups in total. The molecule has 8 aromatic carbocycles. The van der Waals surface area contributed by atoms with Crippen LogP contribution in [0.5, 0.6) is 0 Å². The summed E-state index contributed by atoms with van der Waals surface area (Å²) >= 11 is 0. The molecule has 0 aliphatic rings. The molecule has 41 heavy (non-hydrogen) atoms. The first-order chi connectivity index (χ1) is 22.0. The van der Waals surface area contributed by atoms with Crippen LogP contribution < -0.4 is 0 Å². The summed E-state index contributed by atoms with van der Waals surface area (Å²) in [4.78, 5) is 0. The predicted molar refractivity (Wildman–Crippen MR) is 175 cm³/mol. The van der Waals surface area contributed by atoms with Gasteiger partial charge in [-0.05, 0) is 95.7 Å². The van der Waals surface area contributed by atoms with Crippen molar-refractivity contribution in [2.75, 3.05) is 0 Å². The second-order valence-electron chi connectivity index (χ2n) is 10.6. The highest BCUT2D eigenvalue weighted by atomic mass is 16.3. The van der Waals surface area contributed by atoms with Gasteiger partial charge in [-0.1, -0.05) is 115 Å². The van der Waals surface area contributed by atoms with Gasteiger partial charge in [0.25, 0.3) is 0 Å². The molecule has 0 radical (unpaired) electrons. The highest BCUT2D eigenvalue weighted by Gasteiger charge is 2.14. The highest BCUT2D eigenvalue weighted by molar-refractivity contribution is 6.16. The molecule has 0 aliphatic carbocycles. The van der Waals surface area contributed by atoms with E-state index in [1.807, 2.05) is 72.8 Å². The molecule has 1 nitrogen and oxygen atoms in total. The molecule has 0 amide bonds. The molecule has 0 bridgehead atoms. The fraction of sp³-hybridized carbons (Fsp3) is 0. The van der Waals surface area contributed by atoms with E-state index >= 15 is 0 Å². The van der Waals surface area contributed by atoms with Crippen LogP contribution in [0.15, 0.2) is 150 Å². The molecule has 0 aliphatic heterocycles. The molecule has 1 heterocycles. The lowest BCUT2D eigenvalue weighted by Gasteiger charge is -2.11. The van der Waals surface area contributed by atoms with Crippen LogP contribution in [0.3, 0.4) is 0 Å². The first kappa shape index (κ1) is 18.8. The van der Waals surface area contributed by atoms with Gasteiger partial charge in [0.1, 0.15) is 11.2 Å². The van der Waals surface area contributed by atoms with Gasteiger partial charge in [0.2, 0.25) is 0 Å². The maximum Gasteiger partial charge on any atom is 0.136 e. The fourth-order valence-electron chi connectivity index (χ4n) is 6.30. The van der Waals surface area contributed by atoms with E-state index in [9.17, 15) is 5.48 Å². The minimum absolute atomic E-state index is 0.0632. The lowest BCUT2D eigenvalue weighted by Crippen LogP contribution is -1.85. The Bertz CT molecular complexity index is 2680. The number of benzene rings is 8. The van der Waals surface area contributed by atoms with E-state index in [1.54, 1.807) is 0 Å². The largest absolute Gasteiger partial charge is 0.456 e. The second kappa shape index (κ2) is 8.55. The first-order valence-corrected chi connectivity index (χ1v) is 13.8. The summed E-state index contributed by atoms with van der Waals surface area (Å²) in [5, 5.41) is 10.2. The quantitative estimate of drug-likeness (QED) is 0.162. The van der Waals surface area contributed by atoms with Gasteiger partial charge >= 0.3 is 0 Å². The molecule has 0 atom stereocenters. The zero-order chi connectivity index (χ0) is 30.4. The Morgan fingerprint density at radius 3 is 1.88 bits per heavy atom. The number of rotatable bonds is 2. The second-order valence-corrected chi connectivity index (χ2v) is 10.6. The topological polar surface area (TPSA) is 13.1 Å². The number of furan rings is 1. The van der Waals surface area contributed by atoms with Crippen molar-refractivity contribution in [1.29, 1.82) is 0 Å². The van der Waals surface area contributed by atoms with E-state index in [4.69, 9.17) is 4.42 Å². The number of hydrogen-bond donors (Lipinski definition) is 0. The molecular weight excluding hydrogens is 496 g/mol. The van der Waals surface area contributed by atoms with E-state index < -0.39 is 0 Å². The van der Waals surface area contributed by atoms with Crippen molar-refractivity contribution in [2.24, 2.45) is 0 Å². The summed E-state index contributed by atoms with van der Waals surface area (Å²) in [5.41, 5.74) is 3.25. The fourth-order valence-corrected chi connectivity index (χ4v) is 6.30. The molecule has 0 saturated heterocycles. The van der Waals surface area contributed by atoms with Crippen LogP contribution in [-0.2, 0) is 0 Å². The molecule has 1 aromatic heterocycles. The zero-order valence-electron chi connectivity index (χ0n) is 26.0. The Morgan fingerprint density at radius 2 is 1.02 bits per heavy atom. The maximum absolute atomic E-state index is 9.26. The molecule has 9 aromatic rings. The van der Waals surface area contributed by atoms with Gasteiger partial charge in [-0.15, -0.1) is 0 Å². The van der Waals surface area contributed by atoms with Gasteiger partial charge in [0, 0.05) is 10.8 Å². The minimum Gasteiger partial charge on any atom is -0.456 e. The van der Waals surface area contributed by atoms with E-state index in [2.05, 4.69) is 48.5 Å². The van der Waals surface area contributed by atoms with E-state index in [1.165, 1.54) is 0 Å². The third-order valence-corrected chi connectivity index (χ3v) is 8.27. The van der Waals surface area contributed by atoms with Crippen molar-refractivity contribution in [3.05, 3.63) is 145 Å². The number of hydrogen-bond acceptors (Lipinski definition) is 1. The van der Waals surface area contributed by atoms with Gasteiger partial charge in [-0.3, -0.25) is 0 Å². The first-order valence-electron chi connectivity index (χ1n) is 15.8. The Balaban J connectivity index is 1.31. The lowest BCUT2D eigenvalue weighted by atomic mass is 9.92. The van der Waals surface area contributed by atoms with E-state index in [0.29, 0.717) is 22.3 Å². The van der Waals surface area contributed by atoms with Crippen LogP contribution >= 0.6 is 0 Å². The van der Waals surface area contributed by atoms with Crippen LogP contribution in [0.1, 0.15) is 5.48 Å². The van der Waals surface area contributed by atoms with Crippen LogP contribution in [-0.4, -0.2) is 0 Å². The molecule has 0 fully saturated rings. The average Bonchev–Trinajstić information content (AvgIpc) is 3.43. The van der Waals surface area contributed by atoms with Gasteiger partial charge < -0.3 is 4.42 Å². The van der Waals surface area contributed by atoms with Crippen LogP contribution in [0, 0.1) is 0 Å². The molecule has 0 spiro atoms. The third-order valence-electron chi connectivity index (χ3n) is 8.27. The summed E-state index contributed by atoms with van der Waals surface area (Å²) in [6.45, 7) is 0. The molecule has 1 heteroatoms. The molecule has 190 valence electrons. The van der Waals surface area contributed by atoms with Crippen LogP contribution in [0.4, 0.5) is 0 Å². The predicted octanol–water partition coefficient (Wildman–Crippen LogP) is 11.5. The number of fused-ring (bicyclic) bond motifs is 8. The SMILES string of the molecule is [2H]c1c([2H])c(-c2cccc3oc4cc5ccccc5cc4c23)c([2H])c([2H])c1-c1cccc2cc3ccc4ccccc4c3cc12. The highest BCUT2D eigenvalue weighted by Crippen LogP contribution is 2.40. The monoisotopic (exact) mass is 524 g/mol. The average molecular weight is 525 g/mol. The van der Waals surface area contributed by atoms with E-state index in [-0.39, 0.29) is 29.7 Å². The Kier molecular flexibility index (Phi) is 3.92. The lowest BCUT2D eigenvalue weighted by molar-refractivity contribution is 0.669. The summed E-state index contributed by atoms with van der Waals surface area (Å²) in [5.74, 6) is 0. The standard InChI is InChI=1S/C40H24O/c1-2-9-29-23-39-37(22-28(29)8-1)40-34(13-6-14-38(40)41-39)27-17-15-26(16-18-27)33-12-5-10-30-21-31-20-19-25-7-3-4-11-32(25)36(31)24-35(30)33/h1-24H/i15D,16D,17D,18D. The van der Waals surface area contributed by atoms with Crippen LogP contribution in [0.25, 0.3) is 87.3 Å². The van der Waals surface area contributed by atoms with Crippen molar-refractivity contribution >= 4 is 65.0 Å². The van der Waals surface area contributed by atoms with Gasteiger partial charge in [-0.25, -0.2) is 0 Å². The zero-order valence-corrected chi connectivity index (χ0v) is 22.0. The molecule has 0 saturated carbocycles. The Labute approximate surface area is 242 Å². The molecular formula is C40H24O. The van der Waals surface area contributed by atoms with E-state index in [0.717, 1.165) is 59.4 Å². The molecule has 0 unspecified atom stereocenters. The summed E-state index contributed by atoms with van der Waals surface area (Å²) in [6.07, 6.45) is 0. The van der Waals surface area contributed by atoms with Gasteiger partial charge in [0.15, 0.2) is 0 Å². The van der Waals surface area contributed by atoms with Crippen molar-refractivity contribution in [1.82, 2.24) is 0 Å². The summed E-state index contributed by atoms with van der Waals surface area (Å²) in [6, 6.07) is 40.2. The van der Waals surface area contributed by atoms with Crippen molar-refractivity contribution in [2.45, 2.75) is 0 Å². The Morgan fingerprint density at radius 1 is 0.390 bits per heavy atom. The smallest absolute Gasteiger partial charge is 0.136 e. The summed E-state index contributed by atoms with van der Waals surface area (Å²) in [7, 11) is 0. The van der Waals surface area contributed by atoms with Crippen LogP contribution in [0.2, 0.25) is 0 Å². The van der Waals surface area contributed by atoms with Crippen molar-refractivity contribution in [3.8, 4) is 22.3 Å². The van der Waals surface area contributed by atoms with Gasteiger partial charge in [0.05, 0.1) is 5.48 Å². The maximum atomic E-state index is 9.26. The summed E-state index contributed by atoms with van der Waals surface area (Å²) < 4.78 is 43.3. The normalized spacial score (nSPS) is 13.3. The molecule has 9 rings (SSSR count). The third kappa shape index (κ3) is 3.43.